The Morgan fingerprint density at radius 2 is 1.73 bits per heavy atom. The Kier molecular flexibility index (Phi) is 8.76. The van der Waals surface area contributed by atoms with Crippen LogP contribution in [0.15, 0.2) is 53.1 Å². The van der Waals surface area contributed by atoms with Crippen molar-refractivity contribution >= 4 is 40.8 Å². The molecule has 0 radical (unpaired) electrons. The highest BCUT2D eigenvalue weighted by Crippen LogP contribution is 2.35. The van der Waals surface area contributed by atoms with Gasteiger partial charge in [0.2, 0.25) is 17.7 Å². The van der Waals surface area contributed by atoms with Crippen LogP contribution in [-0.2, 0) is 14.4 Å². The minimum Gasteiger partial charge on any atom is -0.360 e. The van der Waals surface area contributed by atoms with Gasteiger partial charge in [-0.3, -0.25) is 19.3 Å². The SMILES string of the molecule is Cc1cc(NC(=O)CCC(=O)N(c2cccc(C)c2C)C(C(=O)NC(C)(C)C)c2ccccc2Cl)no1. The Labute approximate surface area is 222 Å². The maximum Gasteiger partial charge on any atom is 0.248 e. The summed E-state index contributed by atoms with van der Waals surface area (Å²) < 4.78 is 4.97. The number of carbonyl (C=O) groups is 3. The van der Waals surface area contributed by atoms with Gasteiger partial charge in [0, 0.05) is 40.7 Å². The van der Waals surface area contributed by atoms with Gasteiger partial charge in [0.25, 0.3) is 0 Å². The van der Waals surface area contributed by atoms with Crippen LogP contribution in [0.3, 0.4) is 0 Å². The van der Waals surface area contributed by atoms with Gasteiger partial charge in [-0.1, -0.05) is 47.1 Å². The van der Waals surface area contributed by atoms with Gasteiger partial charge in [0.15, 0.2) is 5.82 Å². The van der Waals surface area contributed by atoms with Crippen LogP contribution in [0.1, 0.15) is 62.1 Å². The van der Waals surface area contributed by atoms with Crippen LogP contribution in [0.4, 0.5) is 11.5 Å². The number of aromatic nitrogens is 1. The second-order valence-electron chi connectivity index (χ2n) is 10.0. The standard InChI is InChI=1S/C28H33ClN4O4/c1-17-10-9-13-22(19(17)3)33(25(35)15-14-24(34)30-23-16-18(2)37-32-23)26(27(36)31-28(4,5)6)20-11-7-8-12-21(20)29/h7-13,16,26H,14-15H2,1-6H3,(H,31,36)(H,30,32,34). The van der Waals surface area contributed by atoms with E-state index >= 15 is 0 Å². The minimum absolute atomic E-state index is 0.109. The average Bonchev–Trinajstić information content (AvgIpc) is 3.22. The zero-order chi connectivity index (χ0) is 27.3. The van der Waals surface area contributed by atoms with Gasteiger partial charge >= 0.3 is 0 Å². The molecule has 0 aliphatic rings. The second-order valence-corrected chi connectivity index (χ2v) is 10.4. The highest BCUT2D eigenvalue weighted by Gasteiger charge is 2.36. The van der Waals surface area contributed by atoms with Crippen molar-refractivity contribution in [1.82, 2.24) is 10.5 Å². The highest BCUT2D eigenvalue weighted by atomic mass is 35.5. The molecule has 0 saturated carbocycles. The van der Waals surface area contributed by atoms with E-state index in [2.05, 4.69) is 15.8 Å². The molecular formula is C28H33ClN4O4. The molecule has 0 fully saturated rings. The number of hydrogen-bond donors (Lipinski definition) is 2. The number of anilines is 2. The fourth-order valence-corrected chi connectivity index (χ4v) is 4.16. The lowest BCUT2D eigenvalue weighted by atomic mass is 9.98. The maximum atomic E-state index is 13.9. The minimum atomic E-state index is -1.05. The molecule has 9 heteroatoms. The van der Waals surface area contributed by atoms with Gasteiger partial charge < -0.3 is 15.2 Å². The molecule has 8 nitrogen and oxygen atoms in total. The smallest absolute Gasteiger partial charge is 0.248 e. The monoisotopic (exact) mass is 524 g/mol. The number of aryl methyl sites for hydroxylation is 2. The van der Waals surface area contributed by atoms with E-state index in [1.54, 1.807) is 43.3 Å². The van der Waals surface area contributed by atoms with E-state index in [1.165, 1.54) is 4.90 Å². The molecule has 1 unspecified atom stereocenters. The van der Waals surface area contributed by atoms with E-state index in [0.717, 1.165) is 11.1 Å². The van der Waals surface area contributed by atoms with Gasteiger partial charge in [-0.2, -0.15) is 0 Å². The molecule has 37 heavy (non-hydrogen) atoms. The molecule has 1 aromatic heterocycles. The molecule has 1 heterocycles. The van der Waals surface area contributed by atoms with Crippen molar-refractivity contribution in [3.05, 3.63) is 76.0 Å². The molecule has 3 amide bonds. The number of rotatable bonds is 8. The number of benzene rings is 2. The Bertz CT molecular complexity index is 1300. The predicted octanol–water partition coefficient (Wildman–Crippen LogP) is 5.66. The lowest BCUT2D eigenvalue weighted by molar-refractivity contribution is -0.128. The number of halogens is 1. The number of nitrogens with one attached hydrogen (secondary N) is 2. The first-order valence-electron chi connectivity index (χ1n) is 12.1. The average molecular weight is 525 g/mol. The van der Waals surface area contributed by atoms with Crippen molar-refractivity contribution in [1.29, 1.82) is 0 Å². The van der Waals surface area contributed by atoms with E-state index in [-0.39, 0.29) is 24.6 Å². The van der Waals surface area contributed by atoms with Crippen LogP contribution >= 0.6 is 11.6 Å². The molecule has 0 saturated heterocycles. The quantitative estimate of drug-likeness (QED) is 0.395. The highest BCUT2D eigenvalue weighted by molar-refractivity contribution is 6.31. The molecule has 0 spiro atoms. The summed E-state index contributed by atoms with van der Waals surface area (Å²) in [7, 11) is 0. The van der Waals surface area contributed by atoms with Gasteiger partial charge in [-0.25, -0.2) is 0 Å². The summed E-state index contributed by atoms with van der Waals surface area (Å²) in [5.74, 6) is -0.331. The summed E-state index contributed by atoms with van der Waals surface area (Å²) in [6.07, 6.45) is -0.248. The summed E-state index contributed by atoms with van der Waals surface area (Å²) in [6, 6.07) is 13.1. The lowest BCUT2D eigenvalue weighted by Gasteiger charge is -2.35. The topological polar surface area (TPSA) is 105 Å². The van der Waals surface area contributed by atoms with Crippen LogP contribution in [-0.4, -0.2) is 28.4 Å². The van der Waals surface area contributed by atoms with Crippen molar-refractivity contribution in [2.24, 2.45) is 0 Å². The predicted molar refractivity (Wildman–Crippen MR) is 145 cm³/mol. The summed E-state index contributed by atoms with van der Waals surface area (Å²) >= 11 is 6.56. The van der Waals surface area contributed by atoms with Gasteiger partial charge in [-0.05, 0) is 64.8 Å². The molecular weight excluding hydrogens is 492 g/mol. The van der Waals surface area contributed by atoms with Crippen LogP contribution in [0, 0.1) is 20.8 Å². The largest absolute Gasteiger partial charge is 0.360 e. The molecule has 2 N–H and O–H groups in total. The Morgan fingerprint density at radius 3 is 2.35 bits per heavy atom. The van der Waals surface area contributed by atoms with E-state index < -0.39 is 23.4 Å². The Morgan fingerprint density at radius 1 is 1.03 bits per heavy atom. The molecule has 0 aliphatic heterocycles. The first-order chi connectivity index (χ1) is 17.4. The lowest BCUT2D eigenvalue weighted by Crippen LogP contribution is -2.49. The molecule has 1 atom stereocenters. The van der Waals surface area contributed by atoms with E-state index in [0.29, 0.717) is 22.0 Å². The normalized spacial score (nSPS) is 12.1. The Hall–Kier alpha value is -3.65. The van der Waals surface area contributed by atoms with Crippen molar-refractivity contribution < 1.29 is 18.9 Å². The zero-order valence-electron chi connectivity index (χ0n) is 22.0. The molecule has 2 aromatic carbocycles. The summed E-state index contributed by atoms with van der Waals surface area (Å²) in [5.41, 5.74) is 2.32. The third kappa shape index (κ3) is 7.20. The van der Waals surface area contributed by atoms with Crippen LogP contribution < -0.4 is 15.5 Å². The van der Waals surface area contributed by atoms with Crippen LogP contribution in [0.2, 0.25) is 5.02 Å². The maximum absolute atomic E-state index is 13.9. The van der Waals surface area contributed by atoms with E-state index in [9.17, 15) is 14.4 Å². The van der Waals surface area contributed by atoms with Gasteiger partial charge in [-0.15, -0.1) is 0 Å². The molecule has 0 bridgehead atoms. The summed E-state index contributed by atoms with van der Waals surface area (Å²) in [4.78, 5) is 41.6. The van der Waals surface area contributed by atoms with E-state index in [4.69, 9.17) is 16.1 Å². The second kappa shape index (κ2) is 11.6. The molecule has 196 valence electrons. The fourth-order valence-electron chi connectivity index (χ4n) is 3.92. The zero-order valence-corrected chi connectivity index (χ0v) is 22.8. The van der Waals surface area contributed by atoms with Crippen molar-refractivity contribution in [3.8, 4) is 0 Å². The first-order valence-corrected chi connectivity index (χ1v) is 12.4. The third-order valence-corrected chi connectivity index (χ3v) is 6.11. The number of amides is 3. The molecule has 3 aromatic rings. The van der Waals surface area contributed by atoms with E-state index in [1.807, 2.05) is 46.8 Å². The van der Waals surface area contributed by atoms with Gasteiger partial charge in [0.1, 0.15) is 11.8 Å². The number of hydrogen-bond acceptors (Lipinski definition) is 5. The first kappa shape index (κ1) is 27.9. The number of carbonyl (C=O) groups excluding carboxylic acids is 3. The van der Waals surface area contributed by atoms with Gasteiger partial charge in [0.05, 0.1) is 0 Å². The third-order valence-electron chi connectivity index (χ3n) is 5.77. The summed E-state index contributed by atoms with van der Waals surface area (Å²) in [6.45, 7) is 11.2. The van der Waals surface area contributed by atoms with Crippen molar-refractivity contribution in [3.63, 3.8) is 0 Å². The van der Waals surface area contributed by atoms with Crippen molar-refractivity contribution in [2.75, 3.05) is 10.2 Å². The fraction of sp³-hybridized carbons (Fsp3) is 0.357. The Balaban J connectivity index is 2.02. The number of nitrogens with zero attached hydrogens (tertiary/aromatic N) is 2. The van der Waals surface area contributed by atoms with Crippen molar-refractivity contribution in [2.45, 2.75) is 66.0 Å². The van der Waals surface area contributed by atoms with Crippen LogP contribution in [0.5, 0.6) is 0 Å². The molecule has 0 aliphatic carbocycles. The van der Waals surface area contributed by atoms with Crippen LogP contribution in [0.25, 0.3) is 0 Å². The summed E-state index contributed by atoms with van der Waals surface area (Å²) in [5, 5.41) is 9.73. The molecule has 3 rings (SSSR count).